The summed E-state index contributed by atoms with van der Waals surface area (Å²) in [6, 6.07) is -0.851. The lowest BCUT2D eigenvalue weighted by Gasteiger charge is -2.37. The Morgan fingerprint density at radius 2 is 1.74 bits per heavy atom. The number of nitrogens with one attached hydrogen (secondary N) is 1. The summed E-state index contributed by atoms with van der Waals surface area (Å²) in [6.07, 6.45) is 5.70. The number of sulfone groups is 1. The van der Waals surface area contributed by atoms with E-state index in [2.05, 4.69) is 15.3 Å². The Hall–Kier alpha value is -2.25. The zero-order chi connectivity index (χ0) is 29.2. The molecule has 3 rings (SSSR count). The molecule has 2 aliphatic rings. The monoisotopic (exact) mass is 566 g/mol. The molecule has 2 amide bonds. The number of carbonyl (C=O) groups excluding carboxylic acids is 2. The summed E-state index contributed by atoms with van der Waals surface area (Å²) in [7, 11) is -4.39. The van der Waals surface area contributed by atoms with Crippen LogP contribution in [-0.2, 0) is 28.7 Å². The van der Waals surface area contributed by atoms with Crippen LogP contribution in [0.1, 0.15) is 87.5 Å². The average Bonchev–Trinajstić information content (AvgIpc) is 3.04. The predicted octanol–water partition coefficient (Wildman–Crippen LogP) is 2.62. The molecule has 1 aromatic heterocycles. The van der Waals surface area contributed by atoms with Gasteiger partial charge < -0.3 is 24.3 Å². The molecule has 0 radical (unpaired) electrons. The van der Waals surface area contributed by atoms with Crippen molar-refractivity contribution in [3.05, 3.63) is 12.4 Å². The van der Waals surface area contributed by atoms with Gasteiger partial charge in [0.2, 0.25) is 20.9 Å². The van der Waals surface area contributed by atoms with Gasteiger partial charge in [-0.05, 0) is 87.5 Å². The smallest absolute Gasteiger partial charge is 0.444 e. The van der Waals surface area contributed by atoms with Crippen LogP contribution < -0.4 is 10.8 Å². The number of nitrogens with zero attached hydrogens (tertiary/aromatic N) is 3. The van der Waals surface area contributed by atoms with E-state index in [4.69, 9.17) is 14.0 Å². The van der Waals surface area contributed by atoms with Crippen molar-refractivity contribution >= 4 is 34.4 Å². The first-order chi connectivity index (χ1) is 17.9. The summed E-state index contributed by atoms with van der Waals surface area (Å²) < 4.78 is 43.1. The lowest BCUT2D eigenvalue weighted by atomic mass is 9.81. The Labute approximate surface area is 232 Å². The normalized spacial score (nSPS) is 21.9. The Bertz CT molecular complexity index is 1120. The van der Waals surface area contributed by atoms with E-state index in [0.29, 0.717) is 24.8 Å². The number of alkyl carbamates (subject to hydrolysis) is 1. The molecule has 2 atom stereocenters. The zero-order valence-electron chi connectivity index (χ0n) is 24.4. The van der Waals surface area contributed by atoms with Crippen molar-refractivity contribution in [1.82, 2.24) is 20.2 Å². The topological polar surface area (TPSA) is 137 Å². The van der Waals surface area contributed by atoms with Gasteiger partial charge in [-0.2, -0.15) is 0 Å². The maximum atomic E-state index is 13.1. The fourth-order valence-corrected chi connectivity index (χ4v) is 5.73. The van der Waals surface area contributed by atoms with E-state index in [-0.39, 0.29) is 22.9 Å². The zero-order valence-corrected chi connectivity index (χ0v) is 25.3. The quantitative estimate of drug-likeness (QED) is 0.372. The van der Waals surface area contributed by atoms with Gasteiger partial charge in [-0.25, -0.2) is 23.2 Å². The number of aromatic nitrogens is 2. The standard InChI is InChI=1S/C26H43BN4O7S/c1-18(30-23(33)36-24(2,3)4)21(32)31-14-10-9-12-20(31)13-11-15-39(34,35)22-28-16-19(17-29-22)27-37-25(5,6)26(7,8)38-27/h16-18,20H,9-15H2,1-8H3,(H,30,33)/t18-,20-/m1/s1. The molecule has 3 heterocycles. The fourth-order valence-electron chi connectivity index (χ4n) is 4.57. The van der Waals surface area contributed by atoms with Gasteiger partial charge in [0, 0.05) is 30.4 Å². The van der Waals surface area contributed by atoms with Crippen LogP contribution in [0.4, 0.5) is 4.79 Å². The van der Waals surface area contributed by atoms with Crippen LogP contribution >= 0.6 is 0 Å². The molecule has 1 N–H and O–H groups in total. The fraction of sp³-hybridized carbons (Fsp3) is 0.769. The molecule has 2 aliphatic heterocycles. The van der Waals surface area contributed by atoms with Crippen molar-refractivity contribution in [3.63, 3.8) is 0 Å². The van der Waals surface area contributed by atoms with Gasteiger partial charge in [0.05, 0.1) is 17.0 Å². The van der Waals surface area contributed by atoms with Gasteiger partial charge in [0.25, 0.3) is 0 Å². The molecule has 0 aromatic carbocycles. The Kier molecular flexibility index (Phi) is 9.39. The minimum Gasteiger partial charge on any atom is -0.444 e. The predicted molar refractivity (Wildman–Crippen MR) is 147 cm³/mol. The highest BCUT2D eigenvalue weighted by Gasteiger charge is 2.52. The molecule has 0 saturated carbocycles. The summed E-state index contributed by atoms with van der Waals surface area (Å²) in [6.45, 7) is 15.2. The summed E-state index contributed by atoms with van der Waals surface area (Å²) in [5.41, 5.74) is -1.17. The molecule has 0 spiro atoms. The van der Waals surface area contributed by atoms with Gasteiger partial charge in [0.1, 0.15) is 11.6 Å². The van der Waals surface area contributed by atoms with Crippen molar-refractivity contribution in [3.8, 4) is 0 Å². The average molecular weight is 567 g/mol. The molecule has 39 heavy (non-hydrogen) atoms. The van der Waals surface area contributed by atoms with Crippen LogP contribution in [0.3, 0.4) is 0 Å². The number of rotatable bonds is 8. The van der Waals surface area contributed by atoms with Crippen LogP contribution in [0.25, 0.3) is 0 Å². The largest absolute Gasteiger partial charge is 0.498 e. The van der Waals surface area contributed by atoms with Gasteiger partial charge in [-0.1, -0.05) is 0 Å². The van der Waals surface area contributed by atoms with Crippen LogP contribution in [-0.4, -0.2) is 83.6 Å². The number of likely N-dealkylation sites (tertiary alicyclic amines) is 1. The molecule has 13 heteroatoms. The number of piperidine rings is 1. The van der Waals surface area contributed by atoms with Crippen LogP contribution in [0.5, 0.6) is 0 Å². The molecule has 2 saturated heterocycles. The van der Waals surface area contributed by atoms with Crippen LogP contribution in [0.2, 0.25) is 0 Å². The highest BCUT2D eigenvalue weighted by molar-refractivity contribution is 7.91. The van der Waals surface area contributed by atoms with Crippen LogP contribution in [0, 0.1) is 0 Å². The number of amides is 2. The Morgan fingerprint density at radius 1 is 1.15 bits per heavy atom. The first-order valence-electron chi connectivity index (χ1n) is 13.6. The number of hydrogen-bond donors (Lipinski definition) is 1. The lowest BCUT2D eigenvalue weighted by Crippen LogP contribution is -2.52. The Morgan fingerprint density at radius 3 is 2.31 bits per heavy atom. The second-order valence-electron chi connectivity index (χ2n) is 12.4. The summed E-state index contributed by atoms with van der Waals surface area (Å²) in [5.74, 6) is -0.331. The highest BCUT2D eigenvalue weighted by Crippen LogP contribution is 2.36. The van der Waals surface area contributed by atoms with E-state index in [1.165, 1.54) is 12.4 Å². The van der Waals surface area contributed by atoms with Gasteiger partial charge >= 0.3 is 13.2 Å². The van der Waals surface area contributed by atoms with Gasteiger partial charge in [-0.15, -0.1) is 0 Å². The second-order valence-corrected chi connectivity index (χ2v) is 14.4. The molecule has 2 fully saturated rings. The van der Waals surface area contributed by atoms with Crippen molar-refractivity contribution in [2.45, 2.75) is 122 Å². The number of ether oxygens (including phenoxy) is 1. The molecule has 1 aromatic rings. The highest BCUT2D eigenvalue weighted by atomic mass is 32.2. The molecule has 218 valence electrons. The maximum absolute atomic E-state index is 13.1. The molecular weight excluding hydrogens is 523 g/mol. The number of carbonyl (C=O) groups is 2. The Balaban J connectivity index is 1.56. The first kappa shape index (κ1) is 31.3. The van der Waals surface area contributed by atoms with Gasteiger partial charge in [-0.3, -0.25) is 4.79 Å². The van der Waals surface area contributed by atoms with Crippen molar-refractivity contribution in [2.75, 3.05) is 12.3 Å². The maximum Gasteiger partial charge on any atom is 0.498 e. The third-order valence-electron chi connectivity index (χ3n) is 7.42. The third kappa shape index (κ3) is 7.91. The summed E-state index contributed by atoms with van der Waals surface area (Å²) in [5, 5.41) is 2.37. The van der Waals surface area contributed by atoms with Crippen molar-refractivity contribution in [2.24, 2.45) is 0 Å². The summed E-state index contributed by atoms with van der Waals surface area (Å²) >= 11 is 0. The lowest BCUT2D eigenvalue weighted by molar-refractivity contribution is -0.136. The minimum absolute atomic E-state index is 0.101. The molecule has 0 bridgehead atoms. The van der Waals surface area contributed by atoms with E-state index in [0.717, 1.165) is 19.3 Å². The molecule has 0 unspecified atom stereocenters. The van der Waals surface area contributed by atoms with E-state index in [1.807, 2.05) is 27.7 Å². The molecule has 0 aliphatic carbocycles. The van der Waals surface area contributed by atoms with E-state index in [9.17, 15) is 18.0 Å². The first-order valence-corrected chi connectivity index (χ1v) is 15.3. The second kappa shape index (κ2) is 11.7. The van der Waals surface area contributed by atoms with Crippen LogP contribution in [0.15, 0.2) is 17.6 Å². The molecular formula is C26H43BN4O7S. The van der Waals surface area contributed by atoms with E-state index >= 15 is 0 Å². The van der Waals surface area contributed by atoms with Crippen molar-refractivity contribution < 1.29 is 32.1 Å². The van der Waals surface area contributed by atoms with E-state index in [1.54, 1.807) is 32.6 Å². The third-order valence-corrected chi connectivity index (χ3v) is 9.01. The van der Waals surface area contributed by atoms with Crippen molar-refractivity contribution in [1.29, 1.82) is 0 Å². The summed E-state index contributed by atoms with van der Waals surface area (Å²) in [4.78, 5) is 35.2. The number of hydrogen-bond acceptors (Lipinski definition) is 9. The minimum atomic E-state index is -3.72. The van der Waals surface area contributed by atoms with Gasteiger partial charge in [0.15, 0.2) is 0 Å². The molecule has 11 nitrogen and oxygen atoms in total. The van der Waals surface area contributed by atoms with E-state index < -0.39 is 45.9 Å². The SMILES string of the molecule is C[C@@H](NC(=O)OC(C)(C)C)C(=O)N1CCCC[C@@H]1CCCS(=O)(=O)c1ncc(B2OC(C)(C)C(C)(C)O2)cn1.